The number of rotatable bonds is 17. The van der Waals surface area contributed by atoms with Crippen LogP contribution in [0.4, 0.5) is 0 Å². The first-order chi connectivity index (χ1) is 14.3. The van der Waals surface area contributed by atoms with Crippen LogP contribution in [-0.2, 0) is 22.2 Å². The van der Waals surface area contributed by atoms with Crippen molar-refractivity contribution in [2.24, 2.45) is 17.4 Å². The van der Waals surface area contributed by atoms with Gasteiger partial charge in [-0.2, -0.15) is 0 Å². The summed E-state index contributed by atoms with van der Waals surface area (Å²) in [6.07, 6.45) is 1.57. The Hall–Kier alpha value is -0.609. The number of amides is 2. The van der Waals surface area contributed by atoms with Gasteiger partial charge >= 0.3 is 17.1 Å². The van der Waals surface area contributed by atoms with E-state index < -0.39 is 31.4 Å². The normalized spacial score (nSPS) is 14.9. The zero-order valence-electron chi connectivity index (χ0n) is 20.6. The number of carbonyl (C=O) groups is 2. The van der Waals surface area contributed by atoms with Crippen LogP contribution < -0.4 is 22.1 Å². The van der Waals surface area contributed by atoms with Crippen LogP contribution >= 0.6 is 0 Å². The highest BCUT2D eigenvalue weighted by atomic mass is 28.5. The van der Waals surface area contributed by atoms with Gasteiger partial charge in [-0.15, -0.1) is 0 Å². The molecule has 0 aromatic heterocycles. The second kappa shape index (κ2) is 21.5. The van der Waals surface area contributed by atoms with Gasteiger partial charge in [0.15, 0.2) is 8.32 Å². The molecule has 0 saturated carbocycles. The van der Waals surface area contributed by atoms with Crippen molar-refractivity contribution in [2.75, 3.05) is 33.3 Å². The van der Waals surface area contributed by atoms with Crippen LogP contribution in [0.3, 0.4) is 0 Å². The van der Waals surface area contributed by atoms with E-state index in [9.17, 15) is 9.59 Å². The van der Waals surface area contributed by atoms with E-state index in [0.717, 1.165) is 12.5 Å². The average Bonchev–Trinajstić information content (AvgIpc) is 2.66. The van der Waals surface area contributed by atoms with Gasteiger partial charge < -0.3 is 34.8 Å². The molecule has 0 radical (unpaired) electrons. The first kappa shape index (κ1) is 44.4. The smallest absolute Gasteiger partial charge is 0.325 e. The molecule has 9 nitrogen and oxygen atoms in total. The van der Waals surface area contributed by atoms with Crippen molar-refractivity contribution in [3.8, 4) is 0 Å². The number of nitrogens with two attached hydrogens (primary N) is 2. The maximum absolute atomic E-state index is 12.6. The number of hydrogen-bond acceptors (Lipinski definition) is 7. The summed E-state index contributed by atoms with van der Waals surface area (Å²) in [6, 6.07) is 1.49. The molecular formula is C23H62N4O5Si3. The molecule has 3 unspecified atom stereocenters. The minimum Gasteiger partial charge on any atom is -0.437 e. The molecule has 0 saturated heterocycles. The first-order valence-electron chi connectivity index (χ1n) is 11.2. The quantitative estimate of drug-likeness (QED) is 0.197. The Morgan fingerprint density at radius 3 is 1.77 bits per heavy atom. The molecule has 2 amide bonds. The summed E-state index contributed by atoms with van der Waals surface area (Å²) >= 11 is 0. The summed E-state index contributed by atoms with van der Waals surface area (Å²) in [5.74, 6) is -0.841. The Kier molecular flexibility index (Phi) is 27.2. The first-order valence-corrected chi connectivity index (χ1v) is 19.7. The van der Waals surface area contributed by atoms with Crippen molar-refractivity contribution in [3.05, 3.63) is 0 Å². The fourth-order valence-corrected chi connectivity index (χ4v) is 16.4. The lowest BCUT2D eigenvalue weighted by Gasteiger charge is -2.40. The number of carbonyl (C=O) groups excluding carboxylic acids is 2. The van der Waals surface area contributed by atoms with E-state index >= 15 is 0 Å². The molecule has 0 aromatic rings. The minimum absolute atomic E-state index is 0. The van der Waals surface area contributed by atoms with Crippen molar-refractivity contribution in [1.29, 1.82) is 0 Å². The minimum atomic E-state index is -2.61. The molecule has 0 bridgehead atoms. The van der Waals surface area contributed by atoms with Crippen LogP contribution in [0.5, 0.6) is 0 Å². The third-order valence-electron chi connectivity index (χ3n) is 4.75. The summed E-state index contributed by atoms with van der Waals surface area (Å²) in [6.45, 7) is 14.2. The van der Waals surface area contributed by atoms with Gasteiger partial charge in [-0.3, -0.25) is 9.59 Å². The van der Waals surface area contributed by atoms with E-state index in [1.807, 2.05) is 6.55 Å². The second-order valence-corrected chi connectivity index (χ2v) is 21.0. The van der Waals surface area contributed by atoms with Gasteiger partial charge in [0.1, 0.15) is 0 Å². The standard InChI is InChI=1S/C19H46N4O5Si3.4CH4/c1-8-14-31(7,27-29(3,4)5)28-30(6,26-2)15-9-17(19(25)23-13-11-21)16-18(24)22-12-10-20;;;;/h17H,8-16,20-21H2,1-7H3,(H,22,24)(H,23,25);4*1H4. The summed E-state index contributed by atoms with van der Waals surface area (Å²) in [4.78, 5) is 24.9. The Morgan fingerprint density at radius 2 is 1.34 bits per heavy atom. The zero-order valence-corrected chi connectivity index (χ0v) is 23.6. The molecule has 0 heterocycles. The average molecular weight is 559 g/mol. The predicted octanol–water partition coefficient (Wildman–Crippen LogP) is 4.15. The van der Waals surface area contributed by atoms with Crippen molar-refractivity contribution in [3.63, 3.8) is 0 Å². The SMILES string of the molecule is C.C.C.C.CCC[Si](C)(O[Si](C)(C)C)O[Si](C)(CCC(CC(=O)NCCN)C(=O)NCCN)OC. The molecule has 35 heavy (non-hydrogen) atoms. The topological polar surface area (TPSA) is 138 Å². The fourth-order valence-electron chi connectivity index (χ4n) is 3.49. The highest BCUT2D eigenvalue weighted by Gasteiger charge is 2.44. The summed E-state index contributed by atoms with van der Waals surface area (Å²) in [5.41, 5.74) is 11.0. The van der Waals surface area contributed by atoms with Crippen LogP contribution in [0.15, 0.2) is 0 Å². The van der Waals surface area contributed by atoms with Gasteiger partial charge in [0.05, 0.1) is 0 Å². The Bertz CT molecular complexity index is 556. The molecule has 0 aliphatic carbocycles. The molecule has 0 aliphatic heterocycles. The predicted molar refractivity (Wildman–Crippen MR) is 159 cm³/mol. The molecule has 0 aromatic carbocycles. The molecular weight excluding hydrogens is 497 g/mol. The van der Waals surface area contributed by atoms with Crippen molar-refractivity contribution in [1.82, 2.24) is 10.6 Å². The number of nitrogens with one attached hydrogen (secondary N) is 2. The highest BCUT2D eigenvalue weighted by Crippen LogP contribution is 2.29. The molecule has 3 atom stereocenters. The van der Waals surface area contributed by atoms with Crippen LogP contribution in [-0.4, -0.2) is 70.5 Å². The van der Waals surface area contributed by atoms with E-state index in [0.29, 0.717) is 38.6 Å². The van der Waals surface area contributed by atoms with Gasteiger partial charge in [-0.05, 0) is 51.2 Å². The van der Waals surface area contributed by atoms with E-state index in [1.165, 1.54) is 0 Å². The lowest BCUT2D eigenvalue weighted by Crippen LogP contribution is -2.55. The third-order valence-corrected chi connectivity index (χ3v) is 15.8. The van der Waals surface area contributed by atoms with Crippen molar-refractivity contribution in [2.45, 2.75) is 101 Å². The largest absolute Gasteiger partial charge is 0.437 e. The van der Waals surface area contributed by atoms with E-state index in [-0.39, 0.29) is 47.9 Å². The maximum atomic E-state index is 12.6. The van der Waals surface area contributed by atoms with Crippen LogP contribution in [0.25, 0.3) is 0 Å². The molecule has 0 fully saturated rings. The lowest BCUT2D eigenvalue weighted by molar-refractivity contribution is -0.130. The highest BCUT2D eigenvalue weighted by molar-refractivity contribution is 6.86. The zero-order chi connectivity index (χ0) is 24.1. The van der Waals surface area contributed by atoms with Gasteiger partial charge in [0, 0.05) is 45.6 Å². The van der Waals surface area contributed by atoms with Crippen LogP contribution in [0, 0.1) is 5.92 Å². The van der Waals surface area contributed by atoms with Crippen molar-refractivity contribution < 1.29 is 22.2 Å². The van der Waals surface area contributed by atoms with E-state index in [4.69, 9.17) is 24.1 Å². The molecule has 12 heteroatoms. The van der Waals surface area contributed by atoms with Crippen LogP contribution in [0.1, 0.15) is 55.9 Å². The summed E-state index contributed by atoms with van der Waals surface area (Å²) < 4.78 is 19.1. The number of hydrogen-bond donors (Lipinski definition) is 4. The molecule has 216 valence electrons. The van der Waals surface area contributed by atoms with E-state index in [2.05, 4.69) is 43.7 Å². The monoisotopic (exact) mass is 558 g/mol. The lowest BCUT2D eigenvalue weighted by atomic mass is 10.0. The maximum Gasteiger partial charge on any atom is 0.325 e. The fraction of sp³-hybridized carbons (Fsp3) is 0.913. The van der Waals surface area contributed by atoms with Gasteiger partial charge in [-0.1, -0.05) is 43.1 Å². The summed E-state index contributed by atoms with van der Waals surface area (Å²) in [5, 5.41) is 5.54. The van der Waals surface area contributed by atoms with Crippen molar-refractivity contribution >= 4 is 37.3 Å². The van der Waals surface area contributed by atoms with Gasteiger partial charge in [0.2, 0.25) is 11.8 Å². The van der Waals surface area contributed by atoms with E-state index in [1.54, 1.807) is 7.11 Å². The van der Waals surface area contributed by atoms with Crippen LogP contribution in [0.2, 0.25) is 44.8 Å². The van der Waals surface area contributed by atoms with Gasteiger partial charge in [-0.25, -0.2) is 0 Å². The Morgan fingerprint density at radius 1 is 0.829 bits per heavy atom. The molecule has 0 spiro atoms. The third kappa shape index (κ3) is 20.2. The summed E-state index contributed by atoms with van der Waals surface area (Å²) in [7, 11) is -5.16. The molecule has 0 rings (SSSR count). The molecule has 0 aliphatic rings. The molecule has 6 N–H and O–H groups in total. The Labute approximate surface area is 221 Å². The second-order valence-electron chi connectivity index (χ2n) is 9.20. The van der Waals surface area contributed by atoms with Gasteiger partial charge in [0.25, 0.3) is 0 Å². The Balaban J connectivity index is -0.000000750.